The summed E-state index contributed by atoms with van der Waals surface area (Å²) in [5, 5.41) is 8.11. The predicted molar refractivity (Wildman–Crippen MR) is 74.7 cm³/mol. The molecule has 2 unspecified atom stereocenters. The lowest BCUT2D eigenvalue weighted by Gasteiger charge is -2.24. The van der Waals surface area contributed by atoms with Crippen LogP contribution in [0, 0.1) is 5.92 Å². The molecule has 0 aromatic carbocycles. The summed E-state index contributed by atoms with van der Waals surface area (Å²) in [5.74, 6) is 0.532. The summed E-state index contributed by atoms with van der Waals surface area (Å²) >= 11 is 0. The summed E-state index contributed by atoms with van der Waals surface area (Å²) < 4.78 is 7.19. The number of aromatic nitrogens is 2. The van der Waals surface area contributed by atoms with E-state index < -0.39 is 0 Å². The molecule has 0 aliphatic rings. The summed E-state index contributed by atoms with van der Waals surface area (Å²) in [6.45, 7) is 8.33. The van der Waals surface area contributed by atoms with Gasteiger partial charge in [-0.2, -0.15) is 5.10 Å². The Kier molecular flexibility index (Phi) is 6.36. The monoisotopic (exact) mass is 253 g/mol. The van der Waals surface area contributed by atoms with Crippen molar-refractivity contribution in [3.05, 3.63) is 17.5 Å². The van der Waals surface area contributed by atoms with Crippen molar-refractivity contribution in [1.82, 2.24) is 15.1 Å². The molecule has 1 heterocycles. The molecule has 0 spiro atoms. The molecule has 1 aromatic heterocycles. The molecule has 104 valence electrons. The predicted octanol–water partition coefficient (Wildman–Crippen LogP) is 2.31. The van der Waals surface area contributed by atoms with Gasteiger partial charge in [-0.15, -0.1) is 0 Å². The minimum Gasteiger partial charge on any atom is -0.385 e. The van der Waals surface area contributed by atoms with Crippen LogP contribution in [0.3, 0.4) is 0 Å². The summed E-state index contributed by atoms with van der Waals surface area (Å²) in [6, 6.07) is 2.57. The highest BCUT2D eigenvalue weighted by molar-refractivity contribution is 5.15. The molecule has 0 bridgehead atoms. The molecule has 0 saturated carbocycles. The van der Waals surface area contributed by atoms with Crippen molar-refractivity contribution in [3.8, 4) is 0 Å². The second kappa shape index (κ2) is 7.54. The molecule has 0 aliphatic heterocycles. The molecule has 0 aliphatic carbocycles. The zero-order valence-electron chi connectivity index (χ0n) is 12.4. The van der Waals surface area contributed by atoms with Gasteiger partial charge in [0.05, 0.1) is 17.4 Å². The first-order chi connectivity index (χ1) is 8.63. The van der Waals surface area contributed by atoms with E-state index >= 15 is 0 Å². The first-order valence-electron chi connectivity index (χ1n) is 6.89. The van der Waals surface area contributed by atoms with Gasteiger partial charge in [-0.25, -0.2) is 0 Å². The van der Waals surface area contributed by atoms with E-state index in [-0.39, 0.29) is 0 Å². The molecule has 4 nitrogen and oxygen atoms in total. The second-order valence-corrected chi connectivity index (χ2v) is 4.83. The topological polar surface area (TPSA) is 39.1 Å². The fourth-order valence-corrected chi connectivity index (χ4v) is 2.29. The van der Waals surface area contributed by atoms with E-state index in [4.69, 9.17) is 4.74 Å². The Balaban J connectivity index is 2.84. The van der Waals surface area contributed by atoms with Crippen LogP contribution in [-0.4, -0.2) is 30.0 Å². The van der Waals surface area contributed by atoms with Crippen molar-refractivity contribution in [2.24, 2.45) is 13.0 Å². The molecule has 0 saturated heterocycles. The number of hydrogen-bond acceptors (Lipinski definition) is 3. The first kappa shape index (κ1) is 15.2. The largest absolute Gasteiger partial charge is 0.385 e. The third kappa shape index (κ3) is 3.82. The number of hydrogen-bond donors (Lipinski definition) is 1. The van der Waals surface area contributed by atoms with Crippen molar-refractivity contribution < 1.29 is 4.74 Å². The maximum absolute atomic E-state index is 5.18. The molecular formula is C14H27N3O. The smallest absolute Gasteiger partial charge is 0.0625 e. The third-order valence-electron chi connectivity index (χ3n) is 3.42. The summed E-state index contributed by atoms with van der Waals surface area (Å²) in [4.78, 5) is 0. The standard InChI is InChI=1S/C14H27N3O/c1-6-12-10-13(17(4)16-12)14(15-7-2)11(3)8-9-18-5/h10-11,14-15H,6-9H2,1-5H3. The van der Waals surface area contributed by atoms with E-state index in [2.05, 4.69) is 37.3 Å². The number of aryl methyl sites for hydroxylation is 2. The van der Waals surface area contributed by atoms with Crippen LogP contribution in [0.2, 0.25) is 0 Å². The van der Waals surface area contributed by atoms with Gasteiger partial charge >= 0.3 is 0 Å². The van der Waals surface area contributed by atoms with Gasteiger partial charge in [0.25, 0.3) is 0 Å². The lowest BCUT2D eigenvalue weighted by Crippen LogP contribution is -2.29. The fraction of sp³-hybridized carbons (Fsp3) is 0.786. The van der Waals surface area contributed by atoms with E-state index in [1.165, 1.54) is 5.69 Å². The summed E-state index contributed by atoms with van der Waals surface area (Å²) in [7, 11) is 3.79. The van der Waals surface area contributed by atoms with Crippen molar-refractivity contribution in [3.63, 3.8) is 0 Å². The van der Waals surface area contributed by atoms with E-state index in [9.17, 15) is 0 Å². The minimum atomic E-state index is 0.350. The summed E-state index contributed by atoms with van der Waals surface area (Å²) in [6.07, 6.45) is 2.04. The quantitative estimate of drug-likeness (QED) is 0.772. The van der Waals surface area contributed by atoms with Crippen LogP contribution in [0.5, 0.6) is 0 Å². The molecular weight excluding hydrogens is 226 g/mol. The molecule has 0 amide bonds. The van der Waals surface area contributed by atoms with Gasteiger partial charge in [-0.1, -0.05) is 20.8 Å². The van der Waals surface area contributed by atoms with Crippen LogP contribution < -0.4 is 5.32 Å². The lowest BCUT2D eigenvalue weighted by molar-refractivity contribution is 0.169. The van der Waals surface area contributed by atoms with Crippen LogP contribution in [-0.2, 0) is 18.2 Å². The fourth-order valence-electron chi connectivity index (χ4n) is 2.29. The number of nitrogens with zero attached hydrogens (tertiary/aromatic N) is 2. The molecule has 1 rings (SSSR count). The Labute approximate surface area is 111 Å². The van der Waals surface area contributed by atoms with E-state index in [0.717, 1.165) is 31.7 Å². The maximum Gasteiger partial charge on any atom is 0.0625 e. The highest BCUT2D eigenvalue weighted by Crippen LogP contribution is 2.25. The van der Waals surface area contributed by atoms with E-state index in [0.29, 0.717) is 12.0 Å². The Morgan fingerprint density at radius 3 is 2.67 bits per heavy atom. The number of methoxy groups -OCH3 is 1. The van der Waals surface area contributed by atoms with Gasteiger partial charge in [0.15, 0.2) is 0 Å². The minimum absolute atomic E-state index is 0.350. The highest BCUT2D eigenvalue weighted by atomic mass is 16.5. The van der Waals surface area contributed by atoms with Gasteiger partial charge in [0, 0.05) is 20.8 Å². The third-order valence-corrected chi connectivity index (χ3v) is 3.42. The van der Waals surface area contributed by atoms with Crippen LogP contribution in [0.25, 0.3) is 0 Å². The Bertz CT molecular complexity index is 349. The molecule has 1 N–H and O–H groups in total. The molecule has 2 atom stereocenters. The zero-order chi connectivity index (χ0) is 13.5. The number of nitrogens with one attached hydrogen (secondary N) is 1. The van der Waals surface area contributed by atoms with Gasteiger partial charge in [-0.05, 0) is 31.4 Å². The molecule has 1 aromatic rings. The van der Waals surface area contributed by atoms with Crippen LogP contribution in [0.1, 0.15) is 44.6 Å². The van der Waals surface area contributed by atoms with Gasteiger partial charge in [-0.3, -0.25) is 4.68 Å². The summed E-state index contributed by atoms with van der Waals surface area (Å²) in [5.41, 5.74) is 2.44. The number of ether oxygens (including phenoxy) is 1. The maximum atomic E-state index is 5.18. The van der Waals surface area contributed by atoms with Crippen molar-refractivity contribution in [2.45, 2.75) is 39.7 Å². The van der Waals surface area contributed by atoms with Gasteiger partial charge in [0.2, 0.25) is 0 Å². The van der Waals surface area contributed by atoms with Crippen LogP contribution >= 0.6 is 0 Å². The van der Waals surface area contributed by atoms with Crippen molar-refractivity contribution >= 4 is 0 Å². The Hall–Kier alpha value is -0.870. The van der Waals surface area contributed by atoms with E-state index in [1.807, 2.05) is 11.7 Å². The van der Waals surface area contributed by atoms with Crippen molar-refractivity contribution in [2.75, 3.05) is 20.3 Å². The van der Waals surface area contributed by atoms with Crippen molar-refractivity contribution in [1.29, 1.82) is 0 Å². The normalized spacial score (nSPS) is 14.7. The average molecular weight is 253 g/mol. The molecule has 0 fully saturated rings. The SMILES string of the molecule is CCNC(c1cc(CC)nn1C)C(C)CCOC. The average Bonchev–Trinajstić information content (AvgIpc) is 2.74. The van der Waals surface area contributed by atoms with Crippen LogP contribution in [0.4, 0.5) is 0 Å². The molecule has 18 heavy (non-hydrogen) atoms. The van der Waals surface area contributed by atoms with Gasteiger partial charge < -0.3 is 10.1 Å². The second-order valence-electron chi connectivity index (χ2n) is 4.83. The molecule has 0 radical (unpaired) electrons. The zero-order valence-corrected chi connectivity index (χ0v) is 12.4. The molecule has 4 heteroatoms. The Morgan fingerprint density at radius 2 is 2.17 bits per heavy atom. The number of rotatable bonds is 8. The van der Waals surface area contributed by atoms with Crippen LogP contribution in [0.15, 0.2) is 6.07 Å². The first-order valence-corrected chi connectivity index (χ1v) is 6.89. The highest BCUT2D eigenvalue weighted by Gasteiger charge is 2.21. The lowest BCUT2D eigenvalue weighted by atomic mass is 9.95. The Morgan fingerprint density at radius 1 is 1.44 bits per heavy atom. The van der Waals surface area contributed by atoms with Gasteiger partial charge in [0.1, 0.15) is 0 Å². The van der Waals surface area contributed by atoms with E-state index in [1.54, 1.807) is 7.11 Å².